The first-order valence-electron chi connectivity index (χ1n) is 13.8. The highest BCUT2D eigenvalue weighted by Gasteiger charge is 2.32. The van der Waals surface area contributed by atoms with Crippen molar-refractivity contribution in [1.29, 1.82) is 0 Å². The molecule has 0 radical (unpaired) electrons. The number of nitrogens with zero attached hydrogens (tertiary/aromatic N) is 1. The van der Waals surface area contributed by atoms with Crippen LogP contribution in [0.15, 0.2) is 72.8 Å². The number of ether oxygens (including phenoxy) is 1. The normalized spacial score (nSPS) is 14.5. The van der Waals surface area contributed by atoms with Crippen LogP contribution < -0.4 is 10.1 Å². The van der Waals surface area contributed by atoms with E-state index in [1.54, 1.807) is 4.90 Å². The summed E-state index contributed by atoms with van der Waals surface area (Å²) in [6.07, 6.45) is 5.90. The second-order valence-corrected chi connectivity index (χ2v) is 10.6. The van der Waals surface area contributed by atoms with Gasteiger partial charge in [-0.05, 0) is 68.0 Å². The fourth-order valence-electron chi connectivity index (χ4n) is 5.14. The van der Waals surface area contributed by atoms with E-state index in [1.165, 1.54) is 12.0 Å². The molecule has 0 bridgehead atoms. The van der Waals surface area contributed by atoms with Gasteiger partial charge in [0.25, 0.3) is 5.91 Å². The smallest absolute Gasteiger partial charge is 0.261 e. The summed E-state index contributed by atoms with van der Waals surface area (Å²) < 4.78 is 5.95. The maximum Gasteiger partial charge on any atom is 0.261 e. The molecule has 0 unspecified atom stereocenters. The van der Waals surface area contributed by atoms with Crippen molar-refractivity contribution in [3.63, 3.8) is 0 Å². The van der Waals surface area contributed by atoms with Crippen molar-refractivity contribution in [2.24, 2.45) is 0 Å². The minimum atomic E-state index is -0.643. The summed E-state index contributed by atoms with van der Waals surface area (Å²) in [6.45, 7) is 6.32. The lowest BCUT2D eigenvalue weighted by molar-refractivity contribution is -0.143. The number of nitrogens with one attached hydrogen (secondary N) is 1. The van der Waals surface area contributed by atoms with Crippen LogP contribution in [0, 0.1) is 20.8 Å². The summed E-state index contributed by atoms with van der Waals surface area (Å²) in [5, 5.41) is 3.29. The Balaban J connectivity index is 1.61. The van der Waals surface area contributed by atoms with E-state index in [0.717, 1.165) is 47.9 Å². The van der Waals surface area contributed by atoms with E-state index < -0.39 is 6.04 Å². The Morgan fingerprint density at radius 2 is 1.61 bits per heavy atom. The Bertz CT molecular complexity index is 1220. The molecule has 3 aromatic rings. The van der Waals surface area contributed by atoms with Gasteiger partial charge in [-0.2, -0.15) is 0 Å². The number of amides is 2. The van der Waals surface area contributed by atoms with Crippen LogP contribution in [-0.4, -0.2) is 35.4 Å². The Hall–Kier alpha value is -3.60. The Labute approximate surface area is 227 Å². The molecular weight excluding hydrogens is 472 g/mol. The minimum Gasteiger partial charge on any atom is -0.484 e. The number of hydrogen-bond donors (Lipinski definition) is 1. The molecule has 0 aromatic heterocycles. The first-order chi connectivity index (χ1) is 18.4. The number of carbonyl (C=O) groups excluding carboxylic acids is 2. The fourth-order valence-corrected chi connectivity index (χ4v) is 5.14. The van der Waals surface area contributed by atoms with Crippen LogP contribution >= 0.6 is 0 Å². The van der Waals surface area contributed by atoms with Gasteiger partial charge in [-0.15, -0.1) is 0 Å². The highest BCUT2D eigenvalue weighted by molar-refractivity contribution is 5.88. The average molecular weight is 513 g/mol. The fraction of sp³-hybridized carbons (Fsp3) is 0.394. The summed E-state index contributed by atoms with van der Waals surface area (Å²) in [4.78, 5) is 29.3. The predicted octanol–water partition coefficient (Wildman–Crippen LogP) is 6.08. The lowest BCUT2D eigenvalue weighted by Gasteiger charge is -2.33. The lowest BCUT2D eigenvalue weighted by atomic mass is 9.94. The van der Waals surface area contributed by atoms with Gasteiger partial charge < -0.3 is 15.0 Å². The van der Waals surface area contributed by atoms with Crippen molar-refractivity contribution >= 4 is 11.8 Å². The van der Waals surface area contributed by atoms with Crippen molar-refractivity contribution in [3.05, 3.63) is 101 Å². The molecule has 5 nitrogen and oxygen atoms in total. The Morgan fingerprint density at radius 1 is 0.868 bits per heavy atom. The number of hydrogen-bond acceptors (Lipinski definition) is 3. The second-order valence-electron chi connectivity index (χ2n) is 10.6. The molecule has 0 heterocycles. The average Bonchev–Trinajstić information content (AvgIpc) is 2.92. The van der Waals surface area contributed by atoms with Crippen LogP contribution in [0.2, 0.25) is 0 Å². The first kappa shape index (κ1) is 27.4. The van der Waals surface area contributed by atoms with Gasteiger partial charge in [0, 0.05) is 19.0 Å². The second kappa shape index (κ2) is 13.3. The molecule has 1 fully saturated rings. The molecular formula is C33H40N2O3. The highest BCUT2D eigenvalue weighted by atomic mass is 16.5. The monoisotopic (exact) mass is 512 g/mol. The van der Waals surface area contributed by atoms with E-state index in [2.05, 4.69) is 11.4 Å². The predicted molar refractivity (Wildman–Crippen MR) is 152 cm³/mol. The lowest BCUT2D eigenvalue weighted by Crippen LogP contribution is -2.53. The summed E-state index contributed by atoms with van der Waals surface area (Å²) >= 11 is 0. The van der Waals surface area contributed by atoms with Crippen LogP contribution in [0.4, 0.5) is 0 Å². The quantitative estimate of drug-likeness (QED) is 0.358. The summed E-state index contributed by atoms with van der Waals surface area (Å²) in [5.41, 5.74) is 5.42. The number of benzene rings is 3. The topological polar surface area (TPSA) is 58.6 Å². The van der Waals surface area contributed by atoms with Gasteiger partial charge in [-0.1, -0.05) is 85.5 Å². The van der Waals surface area contributed by atoms with Crippen LogP contribution in [0.3, 0.4) is 0 Å². The molecule has 1 aliphatic rings. The largest absolute Gasteiger partial charge is 0.484 e. The molecule has 1 N–H and O–H groups in total. The third kappa shape index (κ3) is 7.70. The molecule has 38 heavy (non-hydrogen) atoms. The summed E-state index contributed by atoms with van der Waals surface area (Å²) in [6, 6.07) is 23.4. The third-order valence-corrected chi connectivity index (χ3v) is 7.50. The molecule has 1 atom stereocenters. The zero-order valence-corrected chi connectivity index (χ0v) is 22.9. The number of rotatable bonds is 10. The van der Waals surface area contributed by atoms with E-state index in [0.29, 0.717) is 18.7 Å². The zero-order chi connectivity index (χ0) is 26.9. The van der Waals surface area contributed by atoms with Gasteiger partial charge in [0.1, 0.15) is 11.8 Å². The third-order valence-electron chi connectivity index (χ3n) is 7.50. The molecule has 2 amide bonds. The molecule has 4 rings (SSSR count). The Morgan fingerprint density at radius 3 is 2.32 bits per heavy atom. The van der Waals surface area contributed by atoms with Gasteiger partial charge in [-0.25, -0.2) is 0 Å². The van der Waals surface area contributed by atoms with E-state index in [4.69, 9.17) is 4.74 Å². The molecule has 3 aromatic carbocycles. The van der Waals surface area contributed by atoms with Crippen molar-refractivity contribution in [1.82, 2.24) is 10.2 Å². The molecule has 0 saturated heterocycles. The van der Waals surface area contributed by atoms with Gasteiger partial charge in [-0.3, -0.25) is 9.59 Å². The number of aryl methyl sites for hydroxylation is 3. The van der Waals surface area contributed by atoms with Gasteiger partial charge >= 0.3 is 0 Å². The van der Waals surface area contributed by atoms with Crippen LogP contribution in [0.1, 0.15) is 59.9 Å². The van der Waals surface area contributed by atoms with Crippen LogP contribution in [0.25, 0.3) is 0 Å². The molecule has 0 spiro atoms. The van der Waals surface area contributed by atoms with Crippen LogP contribution in [0.5, 0.6) is 5.75 Å². The summed E-state index contributed by atoms with van der Waals surface area (Å²) in [7, 11) is 0. The number of carbonyl (C=O) groups is 2. The van der Waals surface area contributed by atoms with Gasteiger partial charge in [0.05, 0.1) is 0 Å². The maximum atomic E-state index is 13.8. The van der Waals surface area contributed by atoms with Crippen molar-refractivity contribution in [2.75, 3.05) is 6.61 Å². The van der Waals surface area contributed by atoms with Gasteiger partial charge in [0.2, 0.25) is 5.91 Å². The summed E-state index contributed by atoms with van der Waals surface area (Å²) in [5.74, 6) is 0.362. The van der Waals surface area contributed by atoms with E-state index in [-0.39, 0.29) is 24.5 Å². The van der Waals surface area contributed by atoms with E-state index >= 15 is 0 Å². The van der Waals surface area contributed by atoms with Crippen molar-refractivity contribution < 1.29 is 14.3 Å². The van der Waals surface area contributed by atoms with Crippen molar-refractivity contribution in [3.8, 4) is 5.75 Å². The SMILES string of the molecule is Cc1cccc(CN(C(=O)COc2ccc(C)c(C)c2)[C@@H](Cc2ccccc2)C(=O)NC2CCCCC2)c1. The van der Waals surface area contributed by atoms with E-state index in [1.807, 2.05) is 87.5 Å². The zero-order valence-electron chi connectivity index (χ0n) is 22.9. The first-order valence-corrected chi connectivity index (χ1v) is 13.8. The standard InChI is InChI=1S/C33H40N2O3/c1-24-11-10-14-28(19-24)22-35(32(36)23-38-30-18-17-25(2)26(3)20-30)31(21-27-12-6-4-7-13-27)33(37)34-29-15-8-5-9-16-29/h4,6-7,10-14,17-20,29,31H,5,8-9,15-16,21-23H2,1-3H3,(H,34,37)/t31-/m0/s1. The van der Waals surface area contributed by atoms with Gasteiger partial charge in [0.15, 0.2) is 6.61 Å². The van der Waals surface area contributed by atoms with E-state index in [9.17, 15) is 9.59 Å². The highest BCUT2D eigenvalue weighted by Crippen LogP contribution is 2.21. The molecule has 0 aliphatic heterocycles. The molecule has 1 aliphatic carbocycles. The van der Waals surface area contributed by atoms with Crippen LogP contribution in [-0.2, 0) is 22.6 Å². The minimum absolute atomic E-state index is 0.0899. The van der Waals surface area contributed by atoms with Crippen molar-refractivity contribution in [2.45, 2.75) is 77.9 Å². The molecule has 1 saturated carbocycles. The molecule has 200 valence electrons. The Kier molecular flexibility index (Phi) is 9.58. The molecule has 5 heteroatoms. The maximum absolute atomic E-state index is 13.8.